The molecule has 0 unspecified atom stereocenters. The summed E-state index contributed by atoms with van der Waals surface area (Å²) in [5, 5.41) is 3.27. The molecule has 0 bridgehead atoms. The van der Waals surface area contributed by atoms with Crippen molar-refractivity contribution in [2.75, 3.05) is 86.7 Å². The Balaban J connectivity index is -0.000000281. The van der Waals surface area contributed by atoms with Crippen LogP contribution in [-0.2, 0) is 4.74 Å². The summed E-state index contributed by atoms with van der Waals surface area (Å²) in [6.07, 6.45) is 4.28. The summed E-state index contributed by atoms with van der Waals surface area (Å²) in [6.45, 7) is 23.4. The van der Waals surface area contributed by atoms with Gasteiger partial charge in [-0.05, 0) is 47.1 Å². The fourth-order valence-electron chi connectivity index (χ4n) is 2.48. The average Bonchev–Trinajstić information content (AvgIpc) is 2.75. The normalized spacial score (nSPS) is 20.3. The van der Waals surface area contributed by atoms with Crippen LogP contribution in [0, 0.1) is 0 Å². The first-order valence-electron chi connectivity index (χ1n) is 11.5. The maximum atomic E-state index is 5.10. The third-order valence-electron chi connectivity index (χ3n) is 4.15. The molecule has 27 heavy (non-hydrogen) atoms. The molecule has 168 valence electrons. The Morgan fingerprint density at radius 2 is 0.889 bits per heavy atom. The van der Waals surface area contributed by atoms with Crippen LogP contribution >= 0.6 is 0 Å². The fourth-order valence-corrected chi connectivity index (χ4v) is 2.48. The summed E-state index contributed by atoms with van der Waals surface area (Å²) in [5.41, 5.74) is 0. The maximum absolute atomic E-state index is 5.10. The summed E-state index contributed by atoms with van der Waals surface area (Å²) in [5.74, 6) is 0. The van der Waals surface area contributed by atoms with Gasteiger partial charge in [-0.15, -0.1) is 0 Å². The second-order valence-electron chi connectivity index (χ2n) is 6.33. The molecule has 3 aliphatic rings. The zero-order valence-corrected chi connectivity index (χ0v) is 20.4. The Morgan fingerprint density at radius 1 is 0.519 bits per heavy atom. The molecule has 3 aliphatic heterocycles. The average molecular weight is 391 g/mol. The standard InChI is InChI=1S/C6H13N.C5H12N2.C5H11NO.3C2H6/c1-7-5-3-2-4-6-7;1-7-4-2-6-3-5-7;1-6-2-4-7-5-3-6;3*1-2/h2-6H2,1H3;6H,2-5H2,1H3;2-5H2,1H3;3*1-2H3. The molecular formula is C22H54N4O. The van der Waals surface area contributed by atoms with Crippen molar-refractivity contribution < 1.29 is 4.74 Å². The van der Waals surface area contributed by atoms with Gasteiger partial charge < -0.3 is 24.8 Å². The van der Waals surface area contributed by atoms with Gasteiger partial charge in [-0.1, -0.05) is 48.0 Å². The molecule has 0 aromatic heterocycles. The molecule has 0 amide bonds. The number of nitrogens with one attached hydrogen (secondary N) is 1. The van der Waals surface area contributed by atoms with E-state index in [0.717, 1.165) is 39.4 Å². The lowest BCUT2D eigenvalue weighted by Crippen LogP contribution is -2.40. The minimum Gasteiger partial charge on any atom is -0.379 e. The van der Waals surface area contributed by atoms with Gasteiger partial charge in [0.05, 0.1) is 13.2 Å². The smallest absolute Gasteiger partial charge is 0.0594 e. The Labute approximate surface area is 172 Å². The first-order chi connectivity index (χ1) is 13.2. The van der Waals surface area contributed by atoms with Gasteiger partial charge in [-0.25, -0.2) is 0 Å². The molecule has 0 aromatic carbocycles. The number of hydrogen-bond acceptors (Lipinski definition) is 5. The van der Waals surface area contributed by atoms with Crippen molar-refractivity contribution in [1.82, 2.24) is 20.0 Å². The molecule has 0 spiro atoms. The zero-order chi connectivity index (χ0) is 21.3. The Bertz CT molecular complexity index is 186. The lowest BCUT2D eigenvalue weighted by molar-refractivity contribution is 0.0503. The maximum Gasteiger partial charge on any atom is 0.0594 e. The highest BCUT2D eigenvalue weighted by molar-refractivity contribution is 4.62. The van der Waals surface area contributed by atoms with E-state index in [0.29, 0.717) is 0 Å². The molecule has 3 heterocycles. The minimum atomic E-state index is 0.913. The Hall–Kier alpha value is -0.200. The first-order valence-corrected chi connectivity index (χ1v) is 11.5. The fraction of sp³-hybridized carbons (Fsp3) is 1.00. The van der Waals surface area contributed by atoms with Crippen LogP contribution in [0.15, 0.2) is 0 Å². The number of piperazine rings is 1. The van der Waals surface area contributed by atoms with Crippen molar-refractivity contribution >= 4 is 0 Å². The zero-order valence-electron chi connectivity index (χ0n) is 20.4. The molecule has 0 aromatic rings. The van der Waals surface area contributed by atoms with Gasteiger partial charge in [0.2, 0.25) is 0 Å². The van der Waals surface area contributed by atoms with Gasteiger partial charge in [0.1, 0.15) is 0 Å². The van der Waals surface area contributed by atoms with E-state index in [9.17, 15) is 0 Å². The molecule has 1 N–H and O–H groups in total. The number of ether oxygens (including phenoxy) is 1. The topological polar surface area (TPSA) is 31.0 Å². The third kappa shape index (κ3) is 25.8. The molecular weight excluding hydrogens is 336 g/mol. The number of piperidine rings is 1. The van der Waals surface area contributed by atoms with Crippen LogP contribution in [0.25, 0.3) is 0 Å². The van der Waals surface area contributed by atoms with E-state index in [1.807, 2.05) is 41.5 Å². The van der Waals surface area contributed by atoms with Crippen molar-refractivity contribution in [3.05, 3.63) is 0 Å². The van der Waals surface area contributed by atoms with Crippen molar-refractivity contribution in [3.8, 4) is 0 Å². The lowest BCUT2D eigenvalue weighted by atomic mass is 10.1. The summed E-state index contributed by atoms with van der Waals surface area (Å²) >= 11 is 0. The van der Waals surface area contributed by atoms with E-state index in [1.54, 1.807) is 0 Å². The number of likely N-dealkylation sites (tertiary alicyclic amines) is 1. The van der Waals surface area contributed by atoms with E-state index < -0.39 is 0 Å². The summed E-state index contributed by atoms with van der Waals surface area (Å²) in [4.78, 5) is 6.99. The number of morpholine rings is 1. The van der Waals surface area contributed by atoms with Gasteiger partial charge in [0, 0.05) is 39.3 Å². The summed E-state index contributed by atoms with van der Waals surface area (Å²) < 4.78 is 5.10. The van der Waals surface area contributed by atoms with Crippen molar-refractivity contribution in [2.24, 2.45) is 0 Å². The van der Waals surface area contributed by atoms with Crippen molar-refractivity contribution in [3.63, 3.8) is 0 Å². The number of nitrogens with zero attached hydrogens (tertiary/aromatic N) is 3. The van der Waals surface area contributed by atoms with Crippen LogP contribution in [0.5, 0.6) is 0 Å². The van der Waals surface area contributed by atoms with E-state index in [4.69, 9.17) is 4.74 Å². The quantitative estimate of drug-likeness (QED) is 0.682. The van der Waals surface area contributed by atoms with Crippen LogP contribution < -0.4 is 5.32 Å². The van der Waals surface area contributed by atoms with Gasteiger partial charge in [-0.3, -0.25) is 0 Å². The largest absolute Gasteiger partial charge is 0.379 e. The van der Waals surface area contributed by atoms with Crippen molar-refractivity contribution in [2.45, 2.75) is 60.8 Å². The van der Waals surface area contributed by atoms with E-state index in [2.05, 4.69) is 41.2 Å². The van der Waals surface area contributed by atoms with Gasteiger partial charge in [0.25, 0.3) is 0 Å². The number of rotatable bonds is 0. The summed E-state index contributed by atoms with van der Waals surface area (Å²) in [7, 11) is 6.46. The first kappa shape index (κ1) is 31.5. The predicted molar refractivity (Wildman–Crippen MR) is 124 cm³/mol. The molecule has 3 saturated heterocycles. The van der Waals surface area contributed by atoms with Crippen LogP contribution in [0.2, 0.25) is 0 Å². The van der Waals surface area contributed by atoms with Gasteiger partial charge >= 0.3 is 0 Å². The van der Waals surface area contributed by atoms with Crippen LogP contribution in [-0.4, -0.2) is 101 Å². The Morgan fingerprint density at radius 3 is 1.11 bits per heavy atom. The summed E-state index contributed by atoms with van der Waals surface area (Å²) in [6, 6.07) is 0. The highest BCUT2D eigenvalue weighted by atomic mass is 16.5. The van der Waals surface area contributed by atoms with Crippen LogP contribution in [0.1, 0.15) is 60.8 Å². The molecule has 0 aliphatic carbocycles. The molecule has 3 fully saturated rings. The van der Waals surface area contributed by atoms with E-state index in [-0.39, 0.29) is 0 Å². The van der Waals surface area contributed by atoms with Gasteiger partial charge in [-0.2, -0.15) is 0 Å². The third-order valence-corrected chi connectivity index (χ3v) is 4.15. The lowest BCUT2D eigenvalue weighted by Gasteiger charge is -2.21. The molecule has 0 atom stereocenters. The highest BCUT2D eigenvalue weighted by Crippen LogP contribution is 2.04. The minimum absolute atomic E-state index is 0.913. The number of likely N-dealkylation sites (N-methyl/N-ethyl adjacent to an activating group) is 2. The second-order valence-corrected chi connectivity index (χ2v) is 6.33. The molecule has 5 nitrogen and oxygen atoms in total. The SMILES string of the molecule is CC.CC.CC.CN1CCCCC1.CN1CCNCC1.CN1CCOCC1. The van der Waals surface area contributed by atoms with Gasteiger partial charge in [0.15, 0.2) is 0 Å². The molecule has 0 radical (unpaired) electrons. The second kappa shape index (κ2) is 28.0. The monoisotopic (exact) mass is 390 g/mol. The number of hydrogen-bond donors (Lipinski definition) is 1. The molecule has 0 saturated carbocycles. The van der Waals surface area contributed by atoms with Crippen LogP contribution in [0.3, 0.4) is 0 Å². The highest BCUT2D eigenvalue weighted by Gasteiger charge is 2.03. The van der Waals surface area contributed by atoms with Crippen molar-refractivity contribution in [1.29, 1.82) is 0 Å². The molecule has 3 rings (SSSR count). The molecule has 5 heteroatoms. The van der Waals surface area contributed by atoms with E-state index in [1.165, 1.54) is 45.4 Å². The van der Waals surface area contributed by atoms with Crippen LogP contribution in [0.4, 0.5) is 0 Å². The Kier molecular flexibility index (Phi) is 32.7. The van der Waals surface area contributed by atoms with E-state index >= 15 is 0 Å². The predicted octanol–water partition coefficient (Wildman–Crippen LogP) is 3.65.